The Morgan fingerprint density at radius 1 is 1.07 bits per heavy atom. The summed E-state index contributed by atoms with van der Waals surface area (Å²) in [5, 5.41) is 14.8. The van der Waals surface area contributed by atoms with Gasteiger partial charge in [-0.1, -0.05) is 0 Å². The van der Waals surface area contributed by atoms with Crippen LogP contribution in [0.5, 0.6) is 0 Å². The van der Waals surface area contributed by atoms with Crippen LogP contribution in [0.25, 0.3) is 0 Å². The highest BCUT2D eigenvalue weighted by Gasteiger charge is 2.37. The van der Waals surface area contributed by atoms with Crippen molar-refractivity contribution in [2.75, 3.05) is 18.9 Å². The van der Waals surface area contributed by atoms with Gasteiger partial charge < -0.3 is 20.6 Å². The highest BCUT2D eigenvalue weighted by atomic mass is 127. The van der Waals surface area contributed by atoms with E-state index in [-0.39, 0.29) is 26.5 Å². The van der Waals surface area contributed by atoms with Gasteiger partial charge >= 0.3 is 5.97 Å². The van der Waals surface area contributed by atoms with Crippen molar-refractivity contribution in [3.05, 3.63) is 21.8 Å². The number of carboxylic acids is 1. The minimum absolute atomic E-state index is 0.0422. The normalized spacial score (nSPS) is 16.2. The summed E-state index contributed by atoms with van der Waals surface area (Å²) in [7, 11) is 1.51. The van der Waals surface area contributed by atoms with Crippen LogP contribution in [0.3, 0.4) is 0 Å². The number of benzene rings is 1. The van der Waals surface area contributed by atoms with Crippen LogP contribution in [-0.2, 0) is 9.59 Å². The van der Waals surface area contributed by atoms with Crippen molar-refractivity contribution in [1.29, 1.82) is 0 Å². The number of likely N-dealkylation sites (tertiary alicyclic amines) is 1. The molecule has 0 unspecified atom stereocenters. The van der Waals surface area contributed by atoms with Gasteiger partial charge in [0.05, 0.1) is 24.0 Å². The number of carbonyl (C=O) groups excluding carboxylic acids is 3. The van der Waals surface area contributed by atoms with Crippen LogP contribution in [0.4, 0.5) is 5.69 Å². The zero-order valence-corrected chi connectivity index (χ0v) is 20.8. The number of aromatic carboxylic acids is 1. The van der Waals surface area contributed by atoms with Gasteiger partial charge in [0, 0.05) is 24.1 Å². The van der Waals surface area contributed by atoms with Crippen molar-refractivity contribution in [1.82, 2.24) is 10.2 Å². The van der Waals surface area contributed by atoms with Crippen molar-refractivity contribution in [3.63, 3.8) is 0 Å². The molecule has 8 nitrogen and oxygen atoms in total. The number of nitrogens with zero attached hydrogens (tertiary/aromatic N) is 1. The SMILES string of the molecule is CNC(=O)[C@@H]1CCCN1C(=O)c1c(I)c(NC(C)=O)c(I)c(C(=O)O)c1I. The summed E-state index contributed by atoms with van der Waals surface area (Å²) in [6.45, 7) is 1.72. The topological polar surface area (TPSA) is 116 Å². The van der Waals surface area contributed by atoms with Gasteiger partial charge in [0.1, 0.15) is 6.04 Å². The maximum absolute atomic E-state index is 13.3. The molecule has 1 heterocycles. The molecule has 2 rings (SSSR count). The number of hydrogen-bond acceptors (Lipinski definition) is 4. The van der Waals surface area contributed by atoms with E-state index in [0.29, 0.717) is 32.2 Å². The number of carbonyl (C=O) groups is 4. The van der Waals surface area contributed by atoms with Gasteiger partial charge in [-0.3, -0.25) is 14.4 Å². The van der Waals surface area contributed by atoms with E-state index in [4.69, 9.17) is 0 Å². The zero-order chi connectivity index (χ0) is 20.5. The summed E-state index contributed by atoms with van der Waals surface area (Å²) in [4.78, 5) is 50.2. The summed E-state index contributed by atoms with van der Waals surface area (Å²) < 4.78 is 1.09. The quantitative estimate of drug-likeness (QED) is 0.416. The van der Waals surface area contributed by atoms with Gasteiger partial charge in [-0.05, 0) is 80.6 Å². The van der Waals surface area contributed by atoms with Crippen molar-refractivity contribution in [3.8, 4) is 0 Å². The molecule has 1 fully saturated rings. The Balaban J connectivity index is 2.66. The highest BCUT2D eigenvalue weighted by Crippen LogP contribution is 2.37. The monoisotopic (exact) mass is 711 g/mol. The van der Waals surface area contributed by atoms with Gasteiger partial charge in [0.2, 0.25) is 11.8 Å². The van der Waals surface area contributed by atoms with E-state index in [9.17, 15) is 24.3 Å². The number of rotatable bonds is 4. The van der Waals surface area contributed by atoms with Gasteiger partial charge in [-0.25, -0.2) is 4.79 Å². The van der Waals surface area contributed by atoms with Crippen LogP contribution in [0.15, 0.2) is 0 Å². The van der Waals surface area contributed by atoms with Crippen LogP contribution in [0.2, 0.25) is 0 Å². The molecule has 0 aliphatic carbocycles. The minimum atomic E-state index is -1.19. The molecule has 1 aromatic rings. The molecule has 3 N–H and O–H groups in total. The van der Waals surface area contributed by atoms with Crippen LogP contribution in [0.1, 0.15) is 40.5 Å². The molecule has 1 saturated heterocycles. The zero-order valence-electron chi connectivity index (χ0n) is 14.4. The molecule has 0 bridgehead atoms. The lowest BCUT2D eigenvalue weighted by Gasteiger charge is -2.26. The fraction of sp³-hybridized carbons (Fsp3) is 0.375. The highest BCUT2D eigenvalue weighted by molar-refractivity contribution is 14.1. The van der Waals surface area contributed by atoms with Crippen molar-refractivity contribution < 1.29 is 24.3 Å². The molecule has 0 radical (unpaired) electrons. The summed E-state index contributed by atoms with van der Waals surface area (Å²) >= 11 is 5.63. The van der Waals surface area contributed by atoms with E-state index in [0.717, 1.165) is 0 Å². The van der Waals surface area contributed by atoms with E-state index < -0.39 is 17.9 Å². The Morgan fingerprint density at radius 2 is 1.67 bits per heavy atom. The predicted molar refractivity (Wildman–Crippen MR) is 124 cm³/mol. The van der Waals surface area contributed by atoms with Gasteiger partial charge in [-0.2, -0.15) is 0 Å². The molecule has 1 aliphatic rings. The largest absolute Gasteiger partial charge is 0.478 e. The first-order valence-electron chi connectivity index (χ1n) is 7.85. The third-order valence-electron chi connectivity index (χ3n) is 4.11. The first kappa shape index (κ1) is 22.6. The lowest BCUT2D eigenvalue weighted by atomic mass is 10.1. The Bertz CT molecular complexity index is 843. The molecule has 1 aliphatic heterocycles. The Hall–Kier alpha value is -0.710. The van der Waals surface area contributed by atoms with Crippen LogP contribution < -0.4 is 10.6 Å². The fourth-order valence-corrected chi connectivity index (χ4v) is 7.28. The molecule has 1 atom stereocenters. The average molecular weight is 711 g/mol. The van der Waals surface area contributed by atoms with Gasteiger partial charge in [0.15, 0.2) is 0 Å². The van der Waals surface area contributed by atoms with Crippen molar-refractivity contribution >= 4 is 97.2 Å². The van der Waals surface area contributed by atoms with Gasteiger partial charge in [0.25, 0.3) is 5.91 Å². The Labute approximate surface area is 196 Å². The molecule has 0 aromatic heterocycles. The van der Waals surface area contributed by atoms with E-state index in [1.165, 1.54) is 18.9 Å². The second kappa shape index (κ2) is 9.19. The summed E-state index contributed by atoms with van der Waals surface area (Å²) in [5.41, 5.74) is 0.438. The molecule has 1 aromatic carbocycles. The van der Waals surface area contributed by atoms with Gasteiger partial charge in [-0.15, -0.1) is 0 Å². The summed E-state index contributed by atoms with van der Waals surface area (Å²) in [6, 6.07) is -0.592. The van der Waals surface area contributed by atoms with Crippen molar-refractivity contribution in [2.45, 2.75) is 25.8 Å². The number of carboxylic acid groups (broad SMARTS) is 1. The van der Waals surface area contributed by atoms with E-state index in [1.54, 1.807) is 0 Å². The smallest absolute Gasteiger partial charge is 0.337 e. The van der Waals surface area contributed by atoms with Crippen molar-refractivity contribution in [2.24, 2.45) is 0 Å². The first-order valence-corrected chi connectivity index (χ1v) is 11.1. The molecule has 11 heteroatoms. The summed E-state index contributed by atoms with van der Waals surface area (Å²) in [6.07, 6.45) is 1.24. The van der Waals surface area contributed by atoms with E-state index in [1.807, 2.05) is 67.8 Å². The third-order valence-corrected chi connectivity index (χ3v) is 7.34. The molecule has 0 saturated carbocycles. The first-order chi connectivity index (χ1) is 12.6. The molecule has 146 valence electrons. The lowest BCUT2D eigenvalue weighted by molar-refractivity contribution is -0.124. The molecular weight excluding hydrogens is 695 g/mol. The lowest BCUT2D eigenvalue weighted by Crippen LogP contribution is -2.45. The van der Waals surface area contributed by atoms with E-state index in [2.05, 4.69) is 10.6 Å². The Morgan fingerprint density at radius 3 is 2.19 bits per heavy atom. The predicted octanol–water partition coefficient (Wildman–Crippen LogP) is 2.51. The minimum Gasteiger partial charge on any atom is -0.478 e. The third kappa shape index (κ3) is 4.49. The number of nitrogens with one attached hydrogen (secondary N) is 2. The number of amides is 3. The van der Waals surface area contributed by atoms with E-state index >= 15 is 0 Å². The van der Waals surface area contributed by atoms with Crippen LogP contribution in [-0.4, -0.2) is 53.3 Å². The second-order valence-corrected chi connectivity index (χ2v) is 9.06. The molecule has 27 heavy (non-hydrogen) atoms. The molecule has 3 amide bonds. The average Bonchev–Trinajstić information content (AvgIpc) is 3.07. The number of anilines is 1. The fourth-order valence-electron chi connectivity index (χ4n) is 2.92. The van der Waals surface area contributed by atoms with Crippen LogP contribution in [0, 0.1) is 10.7 Å². The second-order valence-electron chi connectivity index (χ2n) is 5.82. The number of halogens is 3. The maximum atomic E-state index is 13.3. The standard InChI is InChI=1S/C16H16I3N3O5/c1-6(23)21-13-11(18)8(10(17)9(12(13)19)16(26)27)15(25)22-5-3-4-7(22)14(24)20-2/h7H,3-5H2,1-2H3,(H,20,24)(H,21,23)(H,26,27)/t7-/m0/s1. The Kier molecular flexibility index (Phi) is 7.69. The molecular formula is C16H16I3N3O5. The van der Waals surface area contributed by atoms with Crippen LogP contribution >= 0.6 is 67.8 Å². The maximum Gasteiger partial charge on any atom is 0.337 e. The molecule has 0 spiro atoms. The number of likely N-dealkylation sites (N-methyl/N-ethyl adjacent to an activating group) is 1. The number of hydrogen-bond donors (Lipinski definition) is 3. The summed E-state index contributed by atoms with van der Waals surface area (Å²) in [5.74, 6) is -2.23.